The molecule has 7 nitrogen and oxygen atoms in total. The van der Waals surface area contributed by atoms with Gasteiger partial charge in [-0.1, -0.05) is 11.6 Å². The third-order valence-corrected chi connectivity index (χ3v) is 4.03. The number of hydrogen-bond acceptors (Lipinski definition) is 4. The van der Waals surface area contributed by atoms with Gasteiger partial charge in [0.25, 0.3) is 11.6 Å². The van der Waals surface area contributed by atoms with Crippen molar-refractivity contribution in [1.82, 2.24) is 15.1 Å². The van der Waals surface area contributed by atoms with Crippen LogP contribution in [0, 0.1) is 17.0 Å². The Balaban J connectivity index is 1.89. The van der Waals surface area contributed by atoms with Gasteiger partial charge in [-0.2, -0.15) is 18.3 Å². The van der Waals surface area contributed by atoms with Gasteiger partial charge in [0.1, 0.15) is 0 Å². The van der Waals surface area contributed by atoms with E-state index in [1.807, 2.05) is 0 Å². The molecule has 1 aromatic carbocycles. The summed E-state index contributed by atoms with van der Waals surface area (Å²) in [5, 5.41) is 16.2. The smallest absolute Gasteiger partial charge is 0.352 e. The minimum Gasteiger partial charge on any atom is -0.352 e. The maximum absolute atomic E-state index is 12.7. The number of carbonyl (C=O) groups is 1. The second kappa shape index (κ2) is 7.73. The lowest BCUT2D eigenvalue weighted by Gasteiger charge is -2.07. The molecule has 0 aliphatic carbocycles. The predicted molar refractivity (Wildman–Crippen MR) is 87.0 cm³/mol. The Kier molecular flexibility index (Phi) is 5.86. The van der Waals surface area contributed by atoms with Crippen LogP contribution in [0.4, 0.5) is 18.9 Å². The number of hydrogen-bond donors (Lipinski definition) is 1. The van der Waals surface area contributed by atoms with Crippen molar-refractivity contribution in [1.29, 1.82) is 0 Å². The summed E-state index contributed by atoms with van der Waals surface area (Å²) in [4.78, 5) is 21.9. The van der Waals surface area contributed by atoms with Gasteiger partial charge in [0, 0.05) is 30.8 Å². The summed E-state index contributed by atoms with van der Waals surface area (Å²) < 4.78 is 39.4. The first-order chi connectivity index (χ1) is 12.1. The van der Waals surface area contributed by atoms with Crippen molar-refractivity contribution in [3.8, 4) is 0 Å². The van der Waals surface area contributed by atoms with Crippen LogP contribution in [-0.2, 0) is 12.7 Å². The number of benzene rings is 1. The van der Waals surface area contributed by atoms with Gasteiger partial charge in [-0.3, -0.25) is 19.6 Å². The molecule has 0 saturated carbocycles. The first kappa shape index (κ1) is 19.7. The maximum atomic E-state index is 12.7. The summed E-state index contributed by atoms with van der Waals surface area (Å²) in [6.07, 6.45) is -4.30. The van der Waals surface area contributed by atoms with E-state index in [1.165, 1.54) is 31.2 Å². The second-order valence-electron chi connectivity index (χ2n) is 5.38. The largest absolute Gasteiger partial charge is 0.436 e. The quantitative estimate of drug-likeness (QED) is 0.463. The molecule has 1 heterocycles. The second-order valence-corrected chi connectivity index (χ2v) is 5.76. The van der Waals surface area contributed by atoms with Crippen molar-refractivity contribution in [2.45, 2.75) is 26.1 Å². The SMILES string of the molecule is Cc1c(Cl)c(C(F)(F)F)nn1CCCNC(=O)c1ccc([N+](=O)[O-])cc1. The topological polar surface area (TPSA) is 90.1 Å². The Hall–Kier alpha value is -2.62. The summed E-state index contributed by atoms with van der Waals surface area (Å²) in [6.45, 7) is 1.76. The molecule has 0 aliphatic heterocycles. The minimum atomic E-state index is -4.63. The molecule has 0 fully saturated rings. The van der Waals surface area contributed by atoms with E-state index < -0.39 is 27.7 Å². The Morgan fingerprint density at radius 2 is 1.96 bits per heavy atom. The molecule has 140 valence electrons. The third-order valence-electron chi connectivity index (χ3n) is 3.57. The van der Waals surface area contributed by atoms with Crippen LogP contribution >= 0.6 is 11.6 Å². The summed E-state index contributed by atoms with van der Waals surface area (Å²) in [5.74, 6) is -0.439. The molecule has 11 heteroatoms. The van der Waals surface area contributed by atoms with Crippen molar-refractivity contribution >= 4 is 23.2 Å². The molecule has 2 aromatic rings. The number of alkyl halides is 3. The number of amides is 1. The third kappa shape index (κ3) is 4.51. The zero-order valence-electron chi connectivity index (χ0n) is 13.5. The molecule has 1 amide bonds. The molecule has 0 saturated heterocycles. The highest BCUT2D eigenvalue weighted by Crippen LogP contribution is 2.35. The molecule has 0 radical (unpaired) electrons. The molecule has 1 N–H and O–H groups in total. The van der Waals surface area contributed by atoms with Crippen LogP contribution in [-0.4, -0.2) is 27.2 Å². The number of nitro benzene ring substituents is 1. The van der Waals surface area contributed by atoms with Crippen LogP contribution in [0.3, 0.4) is 0 Å². The zero-order valence-corrected chi connectivity index (χ0v) is 14.3. The van der Waals surface area contributed by atoms with Crippen molar-refractivity contribution in [2.24, 2.45) is 0 Å². The highest BCUT2D eigenvalue weighted by Gasteiger charge is 2.38. The average molecular weight is 391 g/mol. The Morgan fingerprint density at radius 1 is 1.35 bits per heavy atom. The lowest BCUT2D eigenvalue weighted by Crippen LogP contribution is -2.25. The van der Waals surface area contributed by atoms with E-state index in [1.54, 1.807) is 0 Å². The van der Waals surface area contributed by atoms with Crippen LogP contribution in [0.2, 0.25) is 5.02 Å². The van der Waals surface area contributed by atoms with Crippen molar-refractivity contribution < 1.29 is 22.9 Å². The number of nitrogens with zero attached hydrogens (tertiary/aromatic N) is 3. The van der Waals surface area contributed by atoms with E-state index in [4.69, 9.17) is 11.6 Å². The van der Waals surface area contributed by atoms with Gasteiger partial charge >= 0.3 is 6.18 Å². The Labute approximate surface area is 150 Å². The number of nitro groups is 1. The molecule has 0 atom stereocenters. The summed E-state index contributed by atoms with van der Waals surface area (Å²) in [5.41, 5.74) is -0.825. The number of nitrogens with one attached hydrogen (secondary N) is 1. The van der Waals surface area contributed by atoms with Crippen LogP contribution in [0.25, 0.3) is 0 Å². The number of rotatable bonds is 6. The van der Waals surface area contributed by atoms with E-state index in [0.717, 1.165) is 4.68 Å². The summed E-state index contributed by atoms with van der Waals surface area (Å²) >= 11 is 5.66. The van der Waals surface area contributed by atoms with Crippen LogP contribution in [0.1, 0.15) is 28.2 Å². The van der Waals surface area contributed by atoms with Crippen LogP contribution in [0.15, 0.2) is 24.3 Å². The molecular weight excluding hydrogens is 377 g/mol. The normalized spacial score (nSPS) is 11.4. The van der Waals surface area contributed by atoms with Crippen LogP contribution < -0.4 is 5.32 Å². The molecule has 1 aromatic heterocycles. The maximum Gasteiger partial charge on any atom is 0.436 e. The summed E-state index contributed by atoms with van der Waals surface area (Å²) in [6, 6.07) is 5.06. The van der Waals surface area contributed by atoms with Gasteiger partial charge < -0.3 is 5.32 Å². The van der Waals surface area contributed by atoms with Gasteiger partial charge in [-0.05, 0) is 25.5 Å². The van der Waals surface area contributed by atoms with E-state index in [-0.39, 0.29) is 30.0 Å². The van der Waals surface area contributed by atoms with E-state index in [2.05, 4.69) is 10.4 Å². The van der Waals surface area contributed by atoms with Gasteiger partial charge in [0.2, 0.25) is 0 Å². The molecule has 0 bridgehead atoms. The number of aromatic nitrogens is 2. The number of carbonyl (C=O) groups excluding carboxylic acids is 1. The van der Waals surface area contributed by atoms with Crippen LogP contribution in [0.5, 0.6) is 0 Å². The lowest BCUT2D eigenvalue weighted by atomic mass is 10.2. The number of non-ortho nitro benzene ring substituents is 1. The summed E-state index contributed by atoms with van der Waals surface area (Å²) in [7, 11) is 0. The van der Waals surface area contributed by atoms with E-state index >= 15 is 0 Å². The minimum absolute atomic E-state index is 0.131. The fourth-order valence-corrected chi connectivity index (χ4v) is 2.43. The van der Waals surface area contributed by atoms with E-state index in [0.29, 0.717) is 6.42 Å². The molecule has 26 heavy (non-hydrogen) atoms. The standard InChI is InChI=1S/C15H14ClF3N4O3/c1-9-12(16)13(15(17,18)19)21-22(9)8-2-7-20-14(24)10-3-5-11(6-4-10)23(25)26/h3-6H,2,7-8H2,1H3,(H,20,24). The molecule has 0 aliphatic rings. The molecule has 2 rings (SSSR count). The monoisotopic (exact) mass is 390 g/mol. The number of halogens is 4. The number of aryl methyl sites for hydroxylation is 1. The Morgan fingerprint density at radius 3 is 2.46 bits per heavy atom. The molecule has 0 unspecified atom stereocenters. The molecule has 0 spiro atoms. The fourth-order valence-electron chi connectivity index (χ4n) is 2.19. The Bertz CT molecular complexity index is 819. The zero-order chi connectivity index (χ0) is 19.5. The van der Waals surface area contributed by atoms with Gasteiger partial charge in [-0.15, -0.1) is 0 Å². The lowest BCUT2D eigenvalue weighted by molar-refractivity contribution is -0.384. The van der Waals surface area contributed by atoms with Gasteiger partial charge in [0.15, 0.2) is 5.69 Å². The molecular formula is C15H14ClF3N4O3. The highest BCUT2D eigenvalue weighted by atomic mass is 35.5. The van der Waals surface area contributed by atoms with Gasteiger partial charge in [0.05, 0.1) is 15.6 Å². The van der Waals surface area contributed by atoms with Crippen molar-refractivity contribution in [3.05, 3.63) is 56.4 Å². The van der Waals surface area contributed by atoms with Gasteiger partial charge in [-0.25, -0.2) is 0 Å². The predicted octanol–water partition coefficient (Wildman–Crippen LogP) is 3.59. The van der Waals surface area contributed by atoms with E-state index in [9.17, 15) is 28.1 Å². The van der Waals surface area contributed by atoms with Crippen molar-refractivity contribution in [3.63, 3.8) is 0 Å². The average Bonchev–Trinajstić information content (AvgIpc) is 2.87. The first-order valence-corrected chi connectivity index (χ1v) is 7.82. The highest BCUT2D eigenvalue weighted by molar-refractivity contribution is 6.31. The van der Waals surface area contributed by atoms with Crippen molar-refractivity contribution in [2.75, 3.05) is 6.54 Å². The fraction of sp³-hybridized carbons (Fsp3) is 0.333. The first-order valence-electron chi connectivity index (χ1n) is 7.44.